The fraction of sp³-hybridized carbons (Fsp3) is 0.0500. The number of nitro benzene ring substituents is 1. The van der Waals surface area contributed by atoms with E-state index in [-0.39, 0.29) is 22.8 Å². The third-order valence-corrected chi connectivity index (χ3v) is 4.36. The van der Waals surface area contributed by atoms with Gasteiger partial charge in [-0.05, 0) is 41.5 Å². The van der Waals surface area contributed by atoms with Crippen LogP contribution in [0.2, 0.25) is 0 Å². The van der Waals surface area contributed by atoms with Gasteiger partial charge in [-0.25, -0.2) is 4.98 Å². The number of ether oxygens (including phenoxy) is 1. The highest BCUT2D eigenvalue weighted by Gasteiger charge is 2.13. The van der Waals surface area contributed by atoms with Gasteiger partial charge >= 0.3 is 0 Å². The molecule has 0 atom stereocenters. The molecule has 0 radical (unpaired) electrons. The predicted octanol–water partition coefficient (Wildman–Crippen LogP) is 3.65. The van der Waals surface area contributed by atoms with Crippen LogP contribution in [0.4, 0.5) is 17.3 Å². The van der Waals surface area contributed by atoms with Crippen molar-refractivity contribution in [3.63, 3.8) is 0 Å². The van der Waals surface area contributed by atoms with Crippen LogP contribution in [-0.4, -0.2) is 27.0 Å². The lowest BCUT2D eigenvalue weighted by atomic mass is 10.0. The van der Waals surface area contributed by atoms with E-state index in [0.29, 0.717) is 28.0 Å². The number of H-pyrrole nitrogens is 1. The third kappa shape index (κ3) is 3.48. The highest BCUT2D eigenvalue weighted by molar-refractivity contribution is 5.92. The monoisotopic (exact) mass is 389 g/mol. The molecule has 0 saturated heterocycles. The standard InChI is InChI=1S/C20H15N5O4/c1-29-16-5-3-2-4-15(16)22-20-23-18-17(19(26)24-20)14(10-11-21-18)12-6-8-13(9-7-12)25(27)28/h2-11H,1H3,(H2,21,22,23,24,26). The van der Waals surface area contributed by atoms with Crippen LogP contribution in [0.25, 0.3) is 22.2 Å². The molecule has 0 aliphatic rings. The van der Waals surface area contributed by atoms with Crippen LogP contribution >= 0.6 is 0 Å². The van der Waals surface area contributed by atoms with Gasteiger partial charge in [-0.2, -0.15) is 4.98 Å². The van der Waals surface area contributed by atoms with Gasteiger partial charge in [0.1, 0.15) is 5.75 Å². The molecule has 2 N–H and O–H groups in total. The lowest BCUT2D eigenvalue weighted by Crippen LogP contribution is -2.13. The summed E-state index contributed by atoms with van der Waals surface area (Å²) in [7, 11) is 1.55. The molecule has 144 valence electrons. The maximum Gasteiger partial charge on any atom is 0.269 e. The second kappa shape index (κ2) is 7.39. The summed E-state index contributed by atoms with van der Waals surface area (Å²) in [4.78, 5) is 34.5. The molecule has 0 bridgehead atoms. The van der Waals surface area contributed by atoms with Crippen LogP contribution < -0.4 is 15.6 Å². The Morgan fingerprint density at radius 3 is 2.59 bits per heavy atom. The number of fused-ring (bicyclic) bond motifs is 1. The van der Waals surface area contributed by atoms with Gasteiger partial charge in [0.2, 0.25) is 5.95 Å². The maximum absolute atomic E-state index is 12.8. The number of pyridine rings is 1. The predicted molar refractivity (Wildman–Crippen MR) is 109 cm³/mol. The minimum Gasteiger partial charge on any atom is -0.495 e. The highest BCUT2D eigenvalue weighted by atomic mass is 16.6. The summed E-state index contributed by atoms with van der Waals surface area (Å²) < 4.78 is 5.29. The first kappa shape index (κ1) is 18.1. The number of benzene rings is 2. The molecule has 9 heteroatoms. The zero-order valence-corrected chi connectivity index (χ0v) is 15.2. The van der Waals surface area contributed by atoms with E-state index < -0.39 is 4.92 Å². The Balaban J connectivity index is 1.78. The molecule has 0 spiro atoms. The average molecular weight is 389 g/mol. The van der Waals surface area contributed by atoms with E-state index in [0.717, 1.165) is 0 Å². The molecule has 2 aromatic carbocycles. The quantitative estimate of drug-likeness (QED) is 0.394. The van der Waals surface area contributed by atoms with Crippen molar-refractivity contribution in [3.8, 4) is 16.9 Å². The van der Waals surface area contributed by atoms with Crippen LogP contribution in [0, 0.1) is 10.1 Å². The number of methoxy groups -OCH3 is 1. The average Bonchev–Trinajstić information content (AvgIpc) is 2.73. The number of nitro groups is 1. The van der Waals surface area contributed by atoms with Crippen LogP contribution in [0.15, 0.2) is 65.6 Å². The molecular formula is C20H15N5O4. The van der Waals surface area contributed by atoms with Crippen LogP contribution in [0.5, 0.6) is 5.75 Å². The number of para-hydroxylation sites is 2. The van der Waals surface area contributed by atoms with Crippen molar-refractivity contribution in [1.29, 1.82) is 0 Å². The first-order chi connectivity index (χ1) is 14.1. The largest absolute Gasteiger partial charge is 0.495 e. The lowest BCUT2D eigenvalue weighted by Gasteiger charge is -2.11. The Bertz CT molecular complexity index is 1270. The smallest absolute Gasteiger partial charge is 0.269 e. The lowest BCUT2D eigenvalue weighted by molar-refractivity contribution is -0.384. The summed E-state index contributed by atoms with van der Waals surface area (Å²) in [5.74, 6) is 0.822. The SMILES string of the molecule is COc1ccccc1Nc1nc2nccc(-c3ccc([N+](=O)[O-])cc3)c2c(=O)[nH]1. The molecule has 0 aliphatic heterocycles. The number of nitrogens with zero attached hydrogens (tertiary/aromatic N) is 3. The molecule has 0 amide bonds. The molecule has 4 aromatic rings. The van der Waals surface area contributed by atoms with E-state index in [2.05, 4.69) is 20.3 Å². The Kier molecular flexibility index (Phi) is 4.62. The molecule has 9 nitrogen and oxygen atoms in total. The third-order valence-electron chi connectivity index (χ3n) is 4.36. The second-order valence-electron chi connectivity index (χ2n) is 6.10. The fourth-order valence-electron chi connectivity index (χ4n) is 3.00. The molecule has 0 unspecified atom stereocenters. The second-order valence-corrected chi connectivity index (χ2v) is 6.10. The van der Waals surface area contributed by atoms with Gasteiger partial charge in [-0.3, -0.25) is 19.9 Å². The zero-order chi connectivity index (χ0) is 20.4. The highest BCUT2D eigenvalue weighted by Crippen LogP contribution is 2.28. The van der Waals surface area contributed by atoms with Crippen LogP contribution in [0.1, 0.15) is 0 Å². The van der Waals surface area contributed by atoms with Crippen molar-refractivity contribution in [3.05, 3.63) is 81.3 Å². The van der Waals surface area contributed by atoms with Crippen molar-refractivity contribution in [1.82, 2.24) is 15.0 Å². The summed E-state index contributed by atoms with van der Waals surface area (Å²) in [5.41, 5.74) is 1.73. The summed E-state index contributed by atoms with van der Waals surface area (Å²) in [6, 6.07) is 14.9. The van der Waals surface area contributed by atoms with E-state index in [1.54, 1.807) is 43.6 Å². The summed E-state index contributed by atoms with van der Waals surface area (Å²) in [5, 5.41) is 14.2. The number of non-ortho nitro benzene ring substituents is 1. The van der Waals surface area contributed by atoms with Crippen molar-refractivity contribution in [2.24, 2.45) is 0 Å². The van der Waals surface area contributed by atoms with Crippen molar-refractivity contribution >= 4 is 28.4 Å². The number of hydrogen-bond donors (Lipinski definition) is 2. The van der Waals surface area contributed by atoms with Crippen molar-refractivity contribution in [2.75, 3.05) is 12.4 Å². The molecule has 0 aliphatic carbocycles. The van der Waals surface area contributed by atoms with Gasteiger partial charge in [0, 0.05) is 18.3 Å². The van der Waals surface area contributed by atoms with Gasteiger partial charge in [0.05, 0.1) is 23.1 Å². The molecule has 0 saturated carbocycles. The Hall–Kier alpha value is -4.27. The number of nitrogens with one attached hydrogen (secondary N) is 2. The first-order valence-electron chi connectivity index (χ1n) is 8.60. The molecule has 0 fully saturated rings. The first-order valence-corrected chi connectivity index (χ1v) is 8.60. The normalized spacial score (nSPS) is 10.7. The van der Waals surface area contributed by atoms with Gasteiger partial charge in [-0.1, -0.05) is 12.1 Å². The van der Waals surface area contributed by atoms with Gasteiger partial charge in [-0.15, -0.1) is 0 Å². The van der Waals surface area contributed by atoms with E-state index >= 15 is 0 Å². The number of aromatic amines is 1. The Morgan fingerprint density at radius 2 is 1.86 bits per heavy atom. The van der Waals surface area contributed by atoms with E-state index in [1.807, 2.05) is 12.1 Å². The molecule has 2 heterocycles. The molecule has 4 rings (SSSR count). The zero-order valence-electron chi connectivity index (χ0n) is 15.2. The summed E-state index contributed by atoms with van der Waals surface area (Å²) in [6.45, 7) is 0. The van der Waals surface area contributed by atoms with E-state index in [9.17, 15) is 14.9 Å². The van der Waals surface area contributed by atoms with E-state index in [4.69, 9.17) is 4.74 Å². The number of rotatable bonds is 5. The number of hydrogen-bond acceptors (Lipinski definition) is 7. The minimum atomic E-state index is -0.474. The number of aromatic nitrogens is 3. The van der Waals surface area contributed by atoms with Crippen LogP contribution in [0.3, 0.4) is 0 Å². The van der Waals surface area contributed by atoms with Crippen molar-refractivity contribution in [2.45, 2.75) is 0 Å². The Labute approximate surface area is 164 Å². The maximum atomic E-state index is 12.8. The molecular weight excluding hydrogens is 374 g/mol. The van der Waals surface area contributed by atoms with Gasteiger partial charge in [0.15, 0.2) is 5.65 Å². The fourth-order valence-corrected chi connectivity index (χ4v) is 3.00. The molecule has 29 heavy (non-hydrogen) atoms. The molecule has 2 aromatic heterocycles. The van der Waals surface area contributed by atoms with Gasteiger partial charge < -0.3 is 10.1 Å². The summed E-state index contributed by atoms with van der Waals surface area (Å²) >= 11 is 0. The van der Waals surface area contributed by atoms with Gasteiger partial charge in [0.25, 0.3) is 11.2 Å². The van der Waals surface area contributed by atoms with E-state index in [1.165, 1.54) is 12.1 Å². The minimum absolute atomic E-state index is 0.0255. The summed E-state index contributed by atoms with van der Waals surface area (Å²) in [6.07, 6.45) is 1.54. The topological polar surface area (TPSA) is 123 Å². The van der Waals surface area contributed by atoms with Crippen molar-refractivity contribution < 1.29 is 9.66 Å². The van der Waals surface area contributed by atoms with Crippen LogP contribution in [-0.2, 0) is 0 Å². The Morgan fingerprint density at radius 1 is 1.10 bits per heavy atom. The number of anilines is 2.